The van der Waals surface area contributed by atoms with Crippen molar-refractivity contribution in [2.75, 3.05) is 7.11 Å². The van der Waals surface area contributed by atoms with Crippen LogP contribution in [-0.2, 0) is 0 Å². The molecule has 0 aliphatic rings. The van der Waals surface area contributed by atoms with Gasteiger partial charge in [-0.2, -0.15) is 5.10 Å². The summed E-state index contributed by atoms with van der Waals surface area (Å²) >= 11 is 6.22. The van der Waals surface area contributed by atoms with Gasteiger partial charge in [-0.1, -0.05) is 11.6 Å². The predicted molar refractivity (Wildman–Crippen MR) is 71.3 cm³/mol. The van der Waals surface area contributed by atoms with Crippen LogP contribution in [0.25, 0.3) is 11.1 Å². The molecule has 4 nitrogen and oxygen atoms in total. The van der Waals surface area contributed by atoms with Gasteiger partial charge >= 0.3 is 0 Å². The Bertz CT molecular complexity index is 650. The van der Waals surface area contributed by atoms with E-state index in [4.69, 9.17) is 16.3 Å². The predicted octanol–water partition coefficient (Wildman–Crippen LogP) is 2.72. The van der Waals surface area contributed by atoms with Gasteiger partial charge in [-0.05, 0) is 32.0 Å². The fraction of sp³-hybridized carbons (Fsp3) is 0.231. The fourth-order valence-electron chi connectivity index (χ4n) is 1.88. The van der Waals surface area contributed by atoms with Crippen LogP contribution in [0.5, 0.6) is 5.75 Å². The molecule has 0 spiro atoms. The highest BCUT2D eigenvalue weighted by Gasteiger charge is 2.13. The average Bonchev–Trinajstić information content (AvgIpc) is 2.36. The van der Waals surface area contributed by atoms with Crippen LogP contribution in [0.3, 0.4) is 0 Å². The summed E-state index contributed by atoms with van der Waals surface area (Å²) in [7, 11) is 1.58. The number of aromatic amines is 1. The third-order valence-electron chi connectivity index (χ3n) is 2.85. The minimum Gasteiger partial charge on any atom is -0.497 e. The van der Waals surface area contributed by atoms with Gasteiger partial charge in [0.15, 0.2) is 0 Å². The van der Waals surface area contributed by atoms with Crippen LogP contribution in [-0.4, -0.2) is 17.3 Å². The number of halogens is 1. The number of hydrogen-bond donors (Lipinski definition) is 1. The van der Waals surface area contributed by atoms with Gasteiger partial charge < -0.3 is 4.74 Å². The second-order valence-corrected chi connectivity index (χ2v) is 4.39. The molecule has 0 aliphatic carbocycles. The highest BCUT2D eigenvalue weighted by atomic mass is 35.5. The van der Waals surface area contributed by atoms with Crippen molar-refractivity contribution in [2.45, 2.75) is 13.8 Å². The second kappa shape index (κ2) is 4.82. The second-order valence-electron chi connectivity index (χ2n) is 3.98. The SMILES string of the molecule is COc1ccc(-c2c(C)n[nH]c(=O)c2C)c(Cl)c1. The summed E-state index contributed by atoms with van der Waals surface area (Å²) < 4.78 is 5.10. The number of aromatic nitrogens is 2. The number of nitrogens with one attached hydrogen (secondary N) is 1. The standard InChI is InChI=1S/C13H13ClN2O2/c1-7-12(8(2)15-16-13(7)17)10-5-4-9(18-3)6-11(10)14/h4-6H,1-3H3,(H,16,17). The molecule has 1 heterocycles. The molecule has 0 unspecified atom stereocenters. The van der Waals surface area contributed by atoms with Crippen molar-refractivity contribution in [3.05, 3.63) is 44.8 Å². The summed E-state index contributed by atoms with van der Waals surface area (Å²) in [6, 6.07) is 5.36. The van der Waals surface area contributed by atoms with E-state index in [9.17, 15) is 4.79 Å². The summed E-state index contributed by atoms with van der Waals surface area (Å²) in [5.41, 5.74) is 2.69. The quantitative estimate of drug-likeness (QED) is 0.907. The van der Waals surface area contributed by atoms with Crippen molar-refractivity contribution in [2.24, 2.45) is 0 Å². The molecule has 1 aromatic carbocycles. The molecule has 1 aromatic heterocycles. The first-order chi connectivity index (χ1) is 8.54. The molecular weight excluding hydrogens is 252 g/mol. The van der Waals surface area contributed by atoms with Gasteiger partial charge in [0.05, 0.1) is 17.8 Å². The van der Waals surface area contributed by atoms with Crippen LogP contribution in [0, 0.1) is 13.8 Å². The smallest absolute Gasteiger partial charge is 0.267 e. The Balaban J connectivity index is 2.70. The van der Waals surface area contributed by atoms with E-state index in [0.29, 0.717) is 16.3 Å². The minimum atomic E-state index is -0.206. The van der Waals surface area contributed by atoms with E-state index < -0.39 is 0 Å². The van der Waals surface area contributed by atoms with E-state index >= 15 is 0 Å². The zero-order valence-electron chi connectivity index (χ0n) is 10.4. The molecule has 0 bridgehead atoms. The van der Waals surface area contributed by atoms with Crippen molar-refractivity contribution < 1.29 is 4.74 Å². The maximum atomic E-state index is 11.6. The molecule has 94 valence electrons. The minimum absolute atomic E-state index is 0.206. The van der Waals surface area contributed by atoms with Crippen molar-refractivity contribution in [3.8, 4) is 16.9 Å². The molecule has 1 N–H and O–H groups in total. The molecule has 0 saturated carbocycles. The molecule has 0 saturated heterocycles. The number of aryl methyl sites for hydroxylation is 1. The Morgan fingerprint density at radius 1 is 1.33 bits per heavy atom. The molecule has 0 aliphatic heterocycles. The third kappa shape index (κ3) is 2.11. The lowest BCUT2D eigenvalue weighted by molar-refractivity contribution is 0.415. The third-order valence-corrected chi connectivity index (χ3v) is 3.16. The van der Waals surface area contributed by atoms with Gasteiger partial charge in [0.2, 0.25) is 0 Å². The maximum Gasteiger partial charge on any atom is 0.267 e. The van der Waals surface area contributed by atoms with E-state index in [1.165, 1.54) is 0 Å². The number of benzene rings is 1. The van der Waals surface area contributed by atoms with Crippen LogP contribution in [0.4, 0.5) is 0 Å². The number of hydrogen-bond acceptors (Lipinski definition) is 3. The van der Waals surface area contributed by atoms with E-state index in [1.807, 2.05) is 13.0 Å². The molecule has 2 aromatic rings. The van der Waals surface area contributed by atoms with Crippen LogP contribution < -0.4 is 10.3 Å². The number of nitrogens with zero attached hydrogens (tertiary/aromatic N) is 1. The maximum absolute atomic E-state index is 11.6. The monoisotopic (exact) mass is 264 g/mol. The molecule has 0 radical (unpaired) electrons. The summed E-state index contributed by atoms with van der Waals surface area (Å²) in [6.45, 7) is 3.59. The summed E-state index contributed by atoms with van der Waals surface area (Å²) in [5.74, 6) is 0.678. The Kier molecular flexibility index (Phi) is 3.39. The molecule has 2 rings (SSSR count). The topological polar surface area (TPSA) is 55.0 Å². The normalized spacial score (nSPS) is 10.4. The van der Waals surface area contributed by atoms with Crippen molar-refractivity contribution in [3.63, 3.8) is 0 Å². The summed E-state index contributed by atoms with van der Waals surface area (Å²) in [6.07, 6.45) is 0. The number of methoxy groups -OCH3 is 1. The van der Waals surface area contributed by atoms with E-state index in [1.54, 1.807) is 26.2 Å². The van der Waals surface area contributed by atoms with E-state index in [2.05, 4.69) is 10.2 Å². The lowest BCUT2D eigenvalue weighted by Gasteiger charge is -2.10. The summed E-state index contributed by atoms with van der Waals surface area (Å²) in [4.78, 5) is 11.6. The van der Waals surface area contributed by atoms with Crippen LogP contribution in [0.1, 0.15) is 11.3 Å². The van der Waals surface area contributed by atoms with Gasteiger partial charge in [-0.25, -0.2) is 5.10 Å². The zero-order chi connectivity index (χ0) is 13.3. The molecule has 0 fully saturated rings. The first-order valence-corrected chi connectivity index (χ1v) is 5.82. The highest BCUT2D eigenvalue weighted by molar-refractivity contribution is 6.33. The van der Waals surface area contributed by atoms with Crippen molar-refractivity contribution in [1.29, 1.82) is 0 Å². The van der Waals surface area contributed by atoms with Gasteiger partial charge in [0.1, 0.15) is 5.75 Å². The Labute approximate surface area is 110 Å². The lowest BCUT2D eigenvalue weighted by Crippen LogP contribution is -2.14. The Hall–Kier alpha value is -1.81. The molecule has 0 atom stereocenters. The van der Waals surface area contributed by atoms with Gasteiger partial charge in [0, 0.05) is 16.7 Å². The zero-order valence-corrected chi connectivity index (χ0v) is 11.1. The first-order valence-electron chi connectivity index (χ1n) is 5.44. The number of rotatable bonds is 2. The van der Waals surface area contributed by atoms with Gasteiger partial charge in [-0.15, -0.1) is 0 Å². The first kappa shape index (κ1) is 12.6. The molecule has 18 heavy (non-hydrogen) atoms. The molecular formula is C13H13ClN2O2. The van der Waals surface area contributed by atoms with E-state index in [0.717, 1.165) is 16.8 Å². The van der Waals surface area contributed by atoms with Crippen LogP contribution in [0.15, 0.2) is 23.0 Å². The molecule has 0 amide bonds. The fourth-order valence-corrected chi connectivity index (χ4v) is 2.15. The Morgan fingerprint density at radius 3 is 2.67 bits per heavy atom. The number of ether oxygens (including phenoxy) is 1. The van der Waals surface area contributed by atoms with Crippen molar-refractivity contribution in [1.82, 2.24) is 10.2 Å². The summed E-state index contributed by atoms with van der Waals surface area (Å²) in [5, 5.41) is 6.95. The van der Waals surface area contributed by atoms with Gasteiger partial charge in [0.25, 0.3) is 5.56 Å². The highest BCUT2D eigenvalue weighted by Crippen LogP contribution is 2.33. The van der Waals surface area contributed by atoms with Crippen molar-refractivity contribution >= 4 is 11.6 Å². The number of H-pyrrole nitrogens is 1. The average molecular weight is 265 g/mol. The Morgan fingerprint density at radius 2 is 2.06 bits per heavy atom. The van der Waals surface area contributed by atoms with Crippen LogP contribution in [0.2, 0.25) is 5.02 Å². The molecule has 5 heteroatoms. The van der Waals surface area contributed by atoms with Crippen LogP contribution >= 0.6 is 11.6 Å². The largest absolute Gasteiger partial charge is 0.497 e. The lowest BCUT2D eigenvalue weighted by atomic mass is 10.0. The van der Waals surface area contributed by atoms with E-state index in [-0.39, 0.29) is 5.56 Å². The van der Waals surface area contributed by atoms with Gasteiger partial charge in [-0.3, -0.25) is 4.79 Å².